The molecule has 17 heavy (non-hydrogen) atoms. The van der Waals surface area contributed by atoms with Gasteiger partial charge in [0.05, 0.1) is 0 Å². The van der Waals surface area contributed by atoms with E-state index < -0.39 is 0 Å². The van der Waals surface area contributed by atoms with E-state index in [0.29, 0.717) is 13.1 Å². The Kier molecular flexibility index (Phi) is 5.46. The summed E-state index contributed by atoms with van der Waals surface area (Å²) in [5, 5.41) is 0. The summed E-state index contributed by atoms with van der Waals surface area (Å²) < 4.78 is 2.86. The summed E-state index contributed by atoms with van der Waals surface area (Å²) in [5.74, 6) is 0. The third-order valence-corrected chi connectivity index (χ3v) is 2.77. The fraction of sp³-hybridized carbons (Fsp3) is 0.538. The maximum atomic E-state index is 11.9. The molecule has 0 fully saturated rings. The molecule has 1 aromatic heterocycles. The van der Waals surface area contributed by atoms with Crippen LogP contribution in [-0.2, 0) is 13.1 Å². The SMILES string of the molecule is C=CCCCCCn1c(=O)ccn(CC)c1=O. The Morgan fingerprint density at radius 3 is 2.71 bits per heavy atom. The maximum absolute atomic E-state index is 11.9. The second-order valence-corrected chi connectivity index (χ2v) is 4.01. The lowest BCUT2D eigenvalue weighted by Gasteiger charge is -2.07. The molecule has 0 amide bonds. The van der Waals surface area contributed by atoms with Gasteiger partial charge in [-0.05, 0) is 26.2 Å². The van der Waals surface area contributed by atoms with Crippen LogP contribution in [0.3, 0.4) is 0 Å². The third kappa shape index (κ3) is 3.73. The summed E-state index contributed by atoms with van der Waals surface area (Å²) in [6.45, 7) is 6.65. The Bertz CT molecular complexity index is 471. The minimum Gasteiger partial charge on any atom is -0.301 e. The van der Waals surface area contributed by atoms with E-state index in [1.807, 2.05) is 13.0 Å². The van der Waals surface area contributed by atoms with Gasteiger partial charge in [0, 0.05) is 25.4 Å². The number of hydrogen-bond acceptors (Lipinski definition) is 2. The largest absolute Gasteiger partial charge is 0.330 e. The van der Waals surface area contributed by atoms with Crippen LogP contribution in [-0.4, -0.2) is 9.13 Å². The van der Waals surface area contributed by atoms with E-state index >= 15 is 0 Å². The topological polar surface area (TPSA) is 44.0 Å². The van der Waals surface area contributed by atoms with Crippen LogP contribution < -0.4 is 11.2 Å². The number of hydrogen-bond donors (Lipinski definition) is 0. The lowest BCUT2D eigenvalue weighted by atomic mass is 10.2. The molecule has 0 bridgehead atoms. The number of nitrogens with zero attached hydrogens (tertiary/aromatic N) is 2. The number of rotatable bonds is 7. The third-order valence-electron chi connectivity index (χ3n) is 2.77. The molecule has 0 unspecified atom stereocenters. The van der Waals surface area contributed by atoms with Crippen molar-refractivity contribution in [2.45, 2.75) is 45.7 Å². The molecule has 1 aromatic rings. The van der Waals surface area contributed by atoms with Crippen molar-refractivity contribution >= 4 is 0 Å². The smallest absolute Gasteiger partial charge is 0.301 e. The van der Waals surface area contributed by atoms with E-state index in [-0.39, 0.29) is 11.2 Å². The Morgan fingerprint density at radius 2 is 2.06 bits per heavy atom. The molecule has 0 aliphatic heterocycles. The molecule has 0 saturated heterocycles. The molecule has 0 radical (unpaired) electrons. The Morgan fingerprint density at radius 1 is 1.29 bits per heavy atom. The maximum Gasteiger partial charge on any atom is 0.330 e. The van der Waals surface area contributed by atoms with Crippen molar-refractivity contribution in [1.29, 1.82) is 0 Å². The minimum atomic E-state index is -0.205. The summed E-state index contributed by atoms with van der Waals surface area (Å²) in [4.78, 5) is 23.4. The molecule has 0 atom stereocenters. The summed E-state index contributed by atoms with van der Waals surface area (Å²) in [6.07, 6.45) is 7.36. The number of unbranched alkanes of at least 4 members (excludes halogenated alkanes) is 3. The number of allylic oxidation sites excluding steroid dienone is 1. The highest BCUT2D eigenvalue weighted by Gasteiger charge is 2.03. The molecular formula is C13H20N2O2. The van der Waals surface area contributed by atoms with E-state index in [2.05, 4.69) is 6.58 Å². The van der Waals surface area contributed by atoms with E-state index in [1.165, 1.54) is 10.6 Å². The molecule has 4 heteroatoms. The van der Waals surface area contributed by atoms with Crippen LogP contribution in [0.1, 0.15) is 32.6 Å². The predicted octanol–water partition coefficient (Wildman–Crippen LogP) is 1.78. The van der Waals surface area contributed by atoms with Crippen LogP contribution in [0.4, 0.5) is 0 Å². The monoisotopic (exact) mass is 236 g/mol. The molecule has 0 spiro atoms. The first-order valence-electron chi connectivity index (χ1n) is 6.12. The van der Waals surface area contributed by atoms with Crippen LogP contribution in [0.25, 0.3) is 0 Å². The van der Waals surface area contributed by atoms with Gasteiger partial charge in [0.15, 0.2) is 0 Å². The first-order chi connectivity index (χ1) is 8.20. The molecule has 0 aliphatic carbocycles. The van der Waals surface area contributed by atoms with E-state index in [0.717, 1.165) is 25.7 Å². The lowest BCUT2D eigenvalue weighted by Crippen LogP contribution is -2.38. The highest BCUT2D eigenvalue weighted by atomic mass is 16.2. The molecule has 94 valence electrons. The van der Waals surface area contributed by atoms with Crippen LogP contribution >= 0.6 is 0 Å². The Hall–Kier alpha value is -1.58. The van der Waals surface area contributed by atoms with Gasteiger partial charge in [0.25, 0.3) is 5.56 Å². The predicted molar refractivity (Wildman–Crippen MR) is 69.3 cm³/mol. The van der Waals surface area contributed by atoms with Gasteiger partial charge in [0.2, 0.25) is 0 Å². The van der Waals surface area contributed by atoms with Gasteiger partial charge in [-0.1, -0.05) is 12.5 Å². The fourth-order valence-corrected chi connectivity index (χ4v) is 1.74. The number of aromatic nitrogens is 2. The second kappa shape index (κ2) is 6.89. The van der Waals surface area contributed by atoms with Crippen molar-refractivity contribution in [1.82, 2.24) is 9.13 Å². The van der Waals surface area contributed by atoms with E-state index in [1.54, 1.807) is 10.8 Å². The molecule has 1 heterocycles. The molecule has 0 saturated carbocycles. The molecule has 0 N–H and O–H groups in total. The van der Waals surface area contributed by atoms with Crippen LogP contribution in [0.15, 0.2) is 34.5 Å². The van der Waals surface area contributed by atoms with E-state index in [9.17, 15) is 9.59 Å². The summed E-state index contributed by atoms with van der Waals surface area (Å²) >= 11 is 0. The van der Waals surface area contributed by atoms with Crippen LogP contribution in [0.2, 0.25) is 0 Å². The van der Waals surface area contributed by atoms with Gasteiger partial charge >= 0.3 is 5.69 Å². The Balaban J connectivity index is 2.67. The van der Waals surface area contributed by atoms with Crippen molar-refractivity contribution < 1.29 is 0 Å². The highest BCUT2D eigenvalue weighted by molar-refractivity contribution is 4.86. The van der Waals surface area contributed by atoms with Crippen molar-refractivity contribution in [3.05, 3.63) is 45.8 Å². The first-order valence-corrected chi connectivity index (χ1v) is 6.12. The van der Waals surface area contributed by atoms with Crippen LogP contribution in [0.5, 0.6) is 0 Å². The van der Waals surface area contributed by atoms with Crippen LogP contribution in [0, 0.1) is 0 Å². The zero-order valence-electron chi connectivity index (χ0n) is 10.4. The highest BCUT2D eigenvalue weighted by Crippen LogP contribution is 2.00. The van der Waals surface area contributed by atoms with Crippen molar-refractivity contribution in [2.75, 3.05) is 0 Å². The second-order valence-electron chi connectivity index (χ2n) is 4.01. The molecule has 0 aromatic carbocycles. The zero-order valence-corrected chi connectivity index (χ0v) is 10.4. The average Bonchev–Trinajstić information content (AvgIpc) is 2.33. The normalized spacial score (nSPS) is 10.4. The fourth-order valence-electron chi connectivity index (χ4n) is 1.74. The summed E-state index contributed by atoms with van der Waals surface area (Å²) in [7, 11) is 0. The quantitative estimate of drug-likeness (QED) is 0.535. The minimum absolute atomic E-state index is 0.205. The zero-order chi connectivity index (χ0) is 12.7. The standard InChI is InChI=1S/C13H20N2O2/c1-3-5-6-7-8-10-15-12(16)9-11-14(4-2)13(15)17/h3,9,11H,1,4-8,10H2,2H3. The number of aryl methyl sites for hydroxylation is 1. The van der Waals surface area contributed by atoms with Gasteiger partial charge in [-0.3, -0.25) is 9.36 Å². The summed E-state index contributed by atoms with van der Waals surface area (Å²) in [5.41, 5.74) is -0.410. The molecular weight excluding hydrogens is 216 g/mol. The van der Waals surface area contributed by atoms with Crippen molar-refractivity contribution in [3.63, 3.8) is 0 Å². The van der Waals surface area contributed by atoms with Gasteiger partial charge < -0.3 is 4.57 Å². The van der Waals surface area contributed by atoms with Gasteiger partial charge in [0.1, 0.15) is 0 Å². The van der Waals surface area contributed by atoms with Crippen molar-refractivity contribution in [3.8, 4) is 0 Å². The van der Waals surface area contributed by atoms with Gasteiger partial charge in [-0.15, -0.1) is 6.58 Å². The average molecular weight is 236 g/mol. The molecule has 1 rings (SSSR count). The lowest BCUT2D eigenvalue weighted by molar-refractivity contribution is 0.524. The Labute approximate surface area is 101 Å². The van der Waals surface area contributed by atoms with Gasteiger partial charge in [-0.2, -0.15) is 0 Å². The van der Waals surface area contributed by atoms with Gasteiger partial charge in [-0.25, -0.2) is 4.79 Å². The van der Waals surface area contributed by atoms with Crippen molar-refractivity contribution in [2.24, 2.45) is 0 Å². The van der Waals surface area contributed by atoms with E-state index in [4.69, 9.17) is 0 Å². The first kappa shape index (κ1) is 13.5. The molecule has 4 nitrogen and oxygen atoms in total. The summed E-state index contributed by atoms with van der Waals surface area (Å²) in [6, 6.07) is 1.45. The molecule has 0 aliphatic rings.